The monoisotopic (exact) mass is 354 g/mol. The summed E-state index contributed by atoms with van der Waals surface area (Å²) in [6, 6.07) is 7.78. The van der Waals surface area contributed by atoms with Crippen molar-refractivity contribution in [2.45, 2.75) is 25.8 Å². The predicted molar refractivity (Wildman–Crippen MR) is 96.7 cm³/mol. The average Bonchev–Trinajstić information content (AvgIpc) is 3.09. The molecule has 0 spiro atoms. The minimum atomic E-state index is 0.0613. The van der Waals surface area contributed by atoms with E-state index >= 15 is 0 Å². The number of anilines is 1. The average molecular weight is 354 g/mol. The van der Waals surface area contributed by atoms with Crippen molar-refractivity contribution in [2.24, 2.45) is 0 Å². The molecule has 1 aromatic carbocycles. The van der Waals surface area contributed by atoms with E-state index in [0.29, 0.717) is 11.6 Å². The third-order valence-electron chi connectivity index (χ3n) is 4.44. The number of amides is 1. The third kappa shape index (κ3) is 3.43. The Hall–Kier alpha value is -2.61. The molecule has 1 aliphatic rings. The summed E-state index contributed by atoms with van der Waals surface area (Å²) in [5.74, 6) is 0.907. The molecule has 1 N–H and O–H groups in total. The van der Waals surface area contributed by atoms with Gasteiger partial charge in [0.15, 0.2) is 0 Å². The van der Waals surface area contributed by atoms with Gasteiger partial charge in [-0.15, -0.1) is 0 Å². The fraction of sp³-hybridized carbons (Fsp3) is 0.353. The van der Waals surface area contributed by atoms with E-state index in [1.54, 1.807) is 6.33 Å². The molecule has 128 valence electrons. The maximum absolute atomic E-state index is 12.7. The van der Waals surface area contributed by atoms with Crippen LogP contribution < -0.4 is 5.32 Å². The first kappa shape index (κ1) is 15.9. The van der Waals surface area contributed by atoms with Gasteiger partial charge in [-0.1, -0.05) is 0 Å². The topological polar surface area (TPSA) is 83.9 Å². The number of fused-ring (bicyclic) bond motifs is 1. The van der Waals surface area contributed by atoms with Crippen molar-refractivity contribution in [1.29, 1.82) is 0 Å². The molecule has 0 radical (unpaired) electrons. The van der Waals surface area contributed by atoms with E-state index in [9.17, 15) is 4.79 Å². The van der Waals surface area contributed by atoms with E-state index in [1.807, 2.05) is 36.1 Å². The van der Waals surface area contributed by atoms with Gasteiger partial charge in [0.2, 0.25) is 0 Å². The van der Waals surface area contributed by atoms with Crippen molar-refractivity contribution >= 4 is 34.5 Å². The van der Waals surface area contributed by atoms with Crippen molar-refractivity contribution in [3.05, 3.63) is 41.9 Å². The van der Waals surface area contributed by atoms with Crippen LogP contribution in [0.15, 0.2) is 30.6 Å². The lowest BCUT2D eigenvalue weighted by molar-refractivity contribution is 0.0718. The molecule has 0 saturated carbocycles. The zero-order chi connectivity index (χ0) is 17.2. The number of benzene rings is 1. The first-order valence-electron chi connectivity index (χ1n) is 8.26. The van der Waals surface area contributed by atoms with E-state index in [1.165, 1.54) is 11.7 Å². The highest BCUT2D eigenvalue weighted by Gasteiger charge is 2.24. The second-order valence-corrected chi connectivity index (χ2v) is 6.75. The second kappa shape index (κ2) is 6.72. The van der Waals surface area contributed by atoms with Crippen LogP contribution in [0.4, 0.5) is 5.82 Å². The summed E-state index contributed by atoms with van der Waals surface area (Å²) in [5.41, 5.74) is 3.24. The van der Waals surface area contributed by atoms with Crippen molar-refractivity contribution < 1.29 is 4.79 Å². The molecule has 0 bridgehead atoms. The van der Waals surface area contributed by atoms with Crippen LogP contribution in [-0.2, 0) is 0 Å². The smallest absolute Gasteiger partial charge is 0.253 e. The van der Waals surface area contributed by atoms with Crippen LogP contribution in [0.3, 0.4) is 0 Å². The van der Waals surface area contributed by atoms with Crippen molar-refractivity contribution in [1.82, 2.24) is 23.6 Å². The molecule has 0 unspecified atom stereocenters. The fourth-order valence-corrected chi connectivity index (χ4v) is 3.58. The van der Waals surface area contributed by atoms with Crippen molar-refractivity contribution in [3.63, 3.8) is 0 Å². The standard InChI is InChI=1S/C17H18N6OS/c1-11-8-16(19-10-18-11)20-13-4-6-23(7-5-13)17(24)12-2-3-14-15(9-12)22-25-21-14/h2-3,8-10,13H,4-7H2,1H3,(H,18,19,20). The SMILES string of the molecule is Cc1cc(NC2CCN(C(=O)c3ccc4nsnc4c3)CC2)ncn1. The van der Waals surface area contributed by atoms with Crippen LogP contribution in [0.1, 0.15) is 28.9 Å². The molecule has 0 aliphatic carbocycles. The van der Waals surface area contributed by atoms with Crippen molar-refractivity contribution in [3.8, 4) is 0 Å². The lowest BCUT2D eigenvalue weighted by Crippen LogP contribution is -2.42. The highest BCUT2D eigenvalue weighted by molar-refractivity contribution is 7.00. The van der Waals surface area contributed by atoms with E-state index in [0.717, 1.165) is 48.5 Å². The number of nitrogens with one attached hydrogen (secondary N) is 1. The molecule has 2 aromatic heterocycles. The van der Waals surface area contributed by atoms with Gasteiger partial charge in [0.25, 0.3) is 5.91 Å². The van der Waals surface area contributed by atoms with E-state index in [2.05, 4.69) is 24.0 Å². The molecule has 0 atom stereocenters. The van der Waals surface area contributed by atoms with Crippen LogP contribution in [0.5, 0.6) is 0 Å². The molecular weight excluding hydrogens is 336 g/mol. The molecule has 3 heterocycles. The summed E-state index contributed by atoms with van der Waals surface area (Å²) < 4.78 is 8.39. The number of aryl methyl sites for hydroxylation is 1. The summed E-state index contributed by atoms with van der Waals surface area (Å²) in [4.78, 5) is 23.0. The van der Waals surface area contributed by atoms with Gasteiger partial charge in [-0.3, -0.25) is 4.79 Å². The number of piperidine rings is 1. The Morgan fingerprint density at radius 2 is 1.96 bits per heavy atom. The van der Waals surface area contributed by atoms with E-state index in [4.69, 9.17) is 0 Å². The van der Waals surface area contributed by atoms with Crippen LogP contribution in [-0.4, -0.2) is 48.7 Å². The van der Waals surface area contributed by atoms with Gasteiger partial charge in [-0.05, 0) is 38.0 Å². The molecule has 1 fully saturated rings. The molecule has 1 amide bonds. The summed E-state index contributed by atoms with van der Waals surface area (Å²) in [6.45, 7) is 3.41. The van der Waals surface area contributed by atoms with Gasteiger partial charge < -0.3 is 10.2 Å². The molecule has 1 saturated heterocycles. The molecule has 1 aliphatic heterocycles. The van der Waals surface area contributed by atoms with Gasteiger partial charge in [0.05, 0.1) is 11.7 Å². The summed E-state index contributed by atoms with van der Waals surface area (Å²) in [6.07, 6.45) is 3.37. The number of likely N-dealkylation sites (tertiary alicyclic amines) is 1. The molecule has 3 aromatic rings. The Morgan fingerprint density at radius 3 is 2.76 bits per heavy atom. The summed E-state index contributed by atoms with van der Waals surface area (Å²) in [5, 5.41) is 3.44. The maximum atomic E-state index is 12.7. The quantitative estimate of drug-likeness (QED) is 0.778. The van der Waals surface area contributed by atoms with E-state index in [-0.39, 0.29) is 5.91 Å². The van der Waals surface area contributed by atoms with Crippen LogP contribution in [0, 0.1) is 6.92 Å². The third-order valence-corrected chi connectivity index (χ3v) is 5.00. The molecule has 7 nitrogen and oxygen atoms in total. The minimum Gasteiger partial charge on any atom is -0.367 e. The normalized spacial score (nSPS) is 15.5. The number of aromatic nitrogens is 4. The Labute approximate surface area is 149 Å². The second-order valence-electron chi connectivity index (χ2n) is 6.22. The molecular formula is C17H18N6OS. The lowest BCUT2D eigenvalue weighted by Gasteiger charge is -2.32. The lowest BCUT2D eigenvalue weighted by atomic mass is 10.0. The first-order chi connectivity index (χ1) is 12.2. The van der Waals surface area contributed by atoms with Gasteiger partial charge >= 0.3 is 0 Å². The van der Waals surface area contributed by atoms with Crippen molar-refractivity contribution in [2.75, 3.05) is 18.4 Å². The van der Waals surface area contributed by atoms with Gasteiger partial charge in [-0.25, -0.2) is 9.97 Å². The van der Waals surface area contributed by atoms with Gasteiger partial charge in [0, 0.05) is 36.5 Å². The largest absolute Gasteiger partial charge is 0.367 e. The number of rotatable bonds is 3. The van der Waals surface area contributed by atoms with Crippen LogP contribution in [0.25, 0.3) is 11.0 Å². The number of carbonyl (C=O) groups excluding carboxylic acids is 1. The Morgan fingerprint density at radius 1 is 1.16 bits per heavy atom. The fourth-order valence-electron chi connectivity index (χ4n) is 3.07. The van der Waals surface area contributed by atoms with Crippen LogP contribution in [0.2, 0.25) is 0 Å². The Balaban J connectivity index is 1.38. The number of carbonyl (C=O) groups is 1. The zero-order valence-corrected chi connectivity index (χ0v) is 14.7. The maximum Gasteiger partial charge on any atom is 0.253 e. The highest BCUT2D eigenvalue weighted by atomic mass is 32.1. The Kier molecular flexibility index (Phi) is 4.27. The Bertz CT molecular complexity index is 903. The predicted octanol–water partition coefficient (Wildman–Crippen LogP) is 2.51. The first-order valence-corrected chi connectivity index (χ1v) is 8.99. The minimum absolute atomic E-state index is 0.0613. The number of nitrogens with zero attached hydrogens (tertiary/aromatic N) is 5. The number of hydrogen-bond donors (Lipinski definition) is 1. The van der Waals surface area contributed by atoms with Gasteiger partial charge in [0.1, 0.15) is 23.2 Å². The number of hydrogen-bond acceptors (Lipinski definition) is 7. The summed E-state index contributed by atoms with van der Waals surface area (Å²) in [7, 11) is 0. The van der Waals surface area contributed by atoms with E-state index < -0.39 is 0 Å². The molecule has 8 heteroatoms. The van der Waals surface area contributed by atoms with Gasteiger partial charge in [-0.2, -0.15) is 8.75 Å². The van der Waals surface area contributed by atoms with Crippen LogP contribution >= 0.6 is 11.7 Å². The molecule has 4 rings (SSSR count). The zero-order valence-electron chi connectivity index (χ0n) is 13.8. The highest BCUT2D eigenvalue weighted by Crippen LogP contribution is 2.19. The molecule has 25 heavy (non-hydrogen) atoms. The summed E-state index contributed by atoms with van der Waals surface area (Å²) >= 11 is 1.17.